The average Bonchev–Trinajstić information content (AvgIpc) is 3.14. The highest BCUT2D eigenvalue weighted by Gasteiger charge is 2.39. The lowest BCUT2D eigenvalue weighted by atomic mass is 9.88. The molecule has 0 aliphatic carbocycles. The minimum absolute atomic E-state index is 0.0549. The minimum Gasteiger partial charge on any atom is -0.395 e. The number of likely N-dealkylation sites (N-methyl/N-ethyl adjacent to an activating group) is 1. The zero-order chi connectivity index (χ0) is 19.5. The maximum atomic E-state index is 12.7. The SMILES string of the molecule is CN1C(=O)CC(c2ccncc2)=CC1C1CC(CO)N(Cc2ccccc2)C1. The monoisotopic (exact) mass is 377 g/mol. The average molecular weight is 377 g/mol. The molecule has 28 heavy (non-hydrogen) atoms. The molecule has 3 heterocycles. The number of aliphatic hydroxyl groups is 1. The van der Waals surface area contributed by atoms with Gasteiger partial charge in [0, 0.05) is 38.6 Å². The predicted octanol–water partition coefficient (Wildman–Crippen LogP) is 2.58. The van der Waals surface area contributed by atoms with Crippen molar-refractivity contribution in [1.29, 1.82) is 0 Å². The maximum Gasteiger partial charge on any atom is 0.227 e. The van der Waals surface area contributed by atoms with E-state index in [-0.39, 0.29) is 24.6 Å². The lowest BCUT2D eigenvalue weighted by molar-refractivity contribution is -0.131. The Kier molecular flexibility index (Phi) is 5.55. The number of rotatable bonds is 5. The van der Waals surface area contributed by atoms with Gasteiger partial charge in [0.25, 0.3) is 0 Å². The van der Waals surface area contributed by atoms with Crippen molar-refractivity contribution in [3.05, 3.63) is 72.1 Å². The van der Waals surface area contributed by atoms with Crippen LogP contribution in [-0.4, -0.2) is 58.1 Å². The van der Waals surface area contributed by atoms with Crippen molar-refractivity contribution in [1.82, 2.24) is 14.8 Å². The van der Waals surface area contributed by atoms with Gasteiger partial charge in [-0.3, -0.25) is 14.7 Å². The molecule has 0 radical (unpaired) electrons. The molecule has 1 aromatic heterocycles. The summed E-state index contributed by atoms with van der Waals surface area (Å²) in [7, 11) is 1.90. The van der Waals surface area contributed by atoms with Crippen LogP contribution in [0.25, 0.3) is 5.57 Å². The number of carbonyl (C=O) groups is 1. The smallest absolute Gasteiger partial charge is 0.227 e. The minimum atomic E-state index is 0.0549. The highest BCUT2D eigenvalue weighted by molar-refractivity contribution is 5.91. The van der Waals surface area contributed by atoms with Crippen molar-refractivity contribution >= 4 is 11.5 Å². The van der Waals surface area contributed by atoms with Crippen LogP contribution in [0.2, 0.25) is 0 Å². The van der Waals surface area contributed by atoms with Crippen LogP contribution in [-0.2, 0) is 11.3 Å². The summed E-state index contributed by atoms with van der Waals surface area (Å²) in [5.41, 5.74) is 3.40. The summed E-state index contributed by atoms with van der Waals surface area (Å²) >= 11 is 0. The summed E-state index contributed by atoms with van der Waals surface area (Å²) in [4.78, 5) is 21.0. The molecule has 0 bridgehead atoms. The molecule has 0 saturated carbocycles. The Morgan fingerprint density at radius 3 is 2.61 bits per heavy atom. The van der Waals surface area contributed by atoms with Gasteiger partial charge in [-0.1, -0.05) is 36.4 Å². The van der Waals surface area contributed by atoms with E-state index in [2.05, 4.69) is 28.1 Å². The van der Waals surface area contributed by atoms with Crippen molar-refractivity contribution in [2.24, 2.45) is 5.92 Å². The molecular weight excluding hydrogens is 350 g/mol. The van der Waals surface area contributed by atoms with E-state index < -0.39 is 0 Å². The van der Waals surface area contributed by atoms with Crippen LogP contribution in [0.1, 0.15) is 24.0 Å². The Morgan fingerprint density at radius 1 is 1.14 bits per heavy atom. The Morgan fingerprint density at radius 2 is 1.89 bits per heavy atom. The van der Waals surface area contributed by atoms with Crippen molar-refractivity contribution in [2.75, 3.05) is 20.2 Å². The van der Waals surface area contributed by atoms with E-state index in [0.29, 0.717) is 12.3 Å². The van der Waals surface area contributed by atoms with Gasteiger partial charge < -0.3 is 10.0 Å². The van der Waals surface area contributed by atoms with E-state index in [4.69, 9.17) is 0 Å². The fraction of sp³-hybridized carbons (Fsp3) is 0.391. The van der Waals surface area contributed by atoms with Gasteiger partial charge in [0.05, 0.1) is 19.1 Å². The molecular formula is C23H27N3O2. The van der Waals surface area contributed by atoms with Crippen LogP contribution >= 0.6 is 0 Å². The largest absolute Gasteiger partial charge is 0.395 e. The third-order valence-electron chi connectivity index (χ3n) is 6.09. The van der Waals surface area contributed by atoms with E-state index in [1.54, 1.807) is 12.4 Å². The molecule has 1 saturated heterocycles. The Balaban J connectivity index is 1.55. The first-order chi connectivity index (χ1) is 13.7. The van der Waals surface area contributed by atoms with Crippen LogP contribution in [0.4, 0.5) is 0 Å². The summed E-state index contributed by atoms with van der Waals surface area (Å²) in [5.74, 6) is 0.466. The van der Waals surface area contributed by atoms with Crippen LogP contribution in [0.15, 0.2) is 60.9 Å². The summed E-state index contributed by atoms with van der Waals surface area (Å²) in [5, 5.41) is 9.93. The van der Waals surface area contributed by atoms with Gasteiger partial charge in [0.2, 0.25) is 5.91 Å². The Bertz CT molecular complexity index is 837. The number of hydrogen-bond acceptors (Lipinski definition) is 4. The second-order valence-corrected chi connectivity index (χ2v) is 7.85. The molecule has 2 aromatic rings. The highest BCUT2D eigenvalue weighted by Crippen LogP contribution is 2.34. The topological polar surface area (TPSA) is 56.7 Å². The Hall–Kier alpha value is -2.50. The Labute approximate surface area is 166 Å². The quantitative estimate of drug-likeness (QED) is 0.870. The van der Waals surface area contributed by atoms with Gasteiger partial charge in [-0.2, -0.15) is 0 Å². The van der Waals surface area contributed by atoms with E-state index in [0.717, 1.165) is 30.6 Å². The first-order valence-corrected chi connectivity index (χ1v) is 9.91. The van der Waals surface area contributed by atoms with Crippen molar-refractivity contribution in [2.45, 2.75) is 31.5 Å². The molecule has 2 aliphatic heterocycles. The number of nitrogens with zero attached hydrogens (tertiary/aromatic N) is 3. The van der Waals surface area contributed by atoms with E-state index in [1.807, 2.05) is 42.3 Å². The normalized spacial score (nSPS) is 25.8. The first kappa shape index (κ1) is 18.8. The summed E-state index contributed by atoms with van der Waals surface area (Å²) in [6.07, 6.45) is 7.12. The third-order valence-corrected chi connectivity index (χ3v) is 6.09. The number of aliphatic hydroxyl groups excluding tert-OH is 1. The van der Waals surface area contributed by atoms with Gasteiger partial charge in [0.15, 0.2) is 0 Å². The second kappa shape index (κ2) is 8.25. The van der Waals surface area contributed by atoms with Gasteiger partial charge >= 0.3 is 0 Å². The molecule has 1 aromatic carbocycles. The molecule has 5 nitrogen and oxygen atoms in total. The number of benzene rings is 1. The third kappa shape index (κ3) is 3.86. The molecule has 1 fully saturated rings. The van der Waals surface area contributed by atoms with Gasteiger partial charge in [-0.05, 0) is 41.2 Å². The van der Waals surface area contributed by atoms with Gasteiger partial charge in [-0.25, -0.2) is 0 Å². The second-order valence-electron chi connectivity index (χ2n) is 7.85. The molecule has 3 atom stereocenters. The number of hydrogen-bond donors (Lipinski definition) is 1. The van der Waals surface area contributed by atoms with Crippen LogP contribution in [0.3, 0.4) is 0 Å². The molecule has 1 amide bonds. The van der Waals surface area contributed by atoms with Gasteiger partial charge in [-0.15, -0.1) is 0 Å². The lowest BCUT2D eigenvalue weighted by Gasteiger charge is -2.35. The van der Waals surface area contributed by atoms with Crippen molar-refractivity contribution < 1.29 is 9.90 Å². The fourth-order valence-electron chi connectivity index (χ4n) is 4.52. The number of pyridine rings is 1. The summed E-state index contributed by atoms with van der Waals surface area (Å²) in [6, 6.07) is 14.5. The van der Waals surface area contributed by atoms with E-state index >= 15 is 0 Å². The van der Waals surface area contributed by atoms with Crippen LogP contribution in [0.5, 0.6) is 0 Å². The fourth-order valence-corrected chi connectivity index (χ4v) is 4.52. The predicted molar refractivity (Wildman–Crippen MR) is 109 cm³/mol. The molecule has 0 spiro atoms. The molecule has 5 heteroatoms. The molecule has 1 N–H and O–H groups in total. The summed E-state index contributed by atoms with van der Waals surface area (Å²) in [6.45, 7) is 1.85. The standard InChI is InChI=1S/C23H27N3O2/c1-25-22(12-19(13-23(25)28)18-7-9-24-10-8-18)20-11-21(16-27)26(15-20)14-17-5-3-2-4-6-17/h2-10,12,20-22,27H,11,13-16H2,1H3. The zero-order valence-electron chi connectivity index (χ0n) is 16.2. The summed E-state index contributed by atoms with van der Waals surface area (Å²) < 4.78 is 0. The number of likely N-dealkylation sites (tertiary alicyclic amines) is 1. The van der Waals surface area contributed by atoms with Gasteiger partial charge in [0.1, 0.15) is 0 Å². The van der Waals surface area contributed by atoms with E-state index in [9.17, 15) is 9.90 Å². The number of aromatic nitrogens is 1. The molecule has 146 valence electrons. The first-order valence-electron chi connectivity index (χ1n) is 9.91. The molecule has 2 aliphatic rings. The van der Waals surface area contributed by atoms with Crippen molar-refractivity contribution in [3.8, 4) is 0 Å². The molecule has 3 unspecified atom stereocenters. The number of carbonyl (C=O) groups excluding carboxylic acids is 1. The van der Waals surface area contributed by atoms with Crippen molar-refractivity contribution in [3.63, 3.8) is 0 Å². The number of amides is 1. The highest BCUT2D eigenvalue weighted by atomic mass is 16.3. The maximum absolute atomic E-state index is 12.7. The van der Waals surface area contributed by atoms with Crippen LogP contribution < -0.4 is 0 Å². The van der Waals surface area contributed by atoms with Crippen LogP contribution in [0, 0.1) is 5.92 Å². The molecule has 4 rings (SSSR count). The zero-order valence-corrected chi connectivity index (χ0v) is 16.2. The lowest BCUT2D eigenvalue weighted by Crippen LogP contribution is -2.44. The van der Waals surface area contributed by atoms with E-state index in [1.165, 1.54) is 5.56 Å².